The Labute approximate surface area is 160 Å². The molecule has 3 N–H and O–H groups in total. The molecule has 27 heavy (non-hydrogen) atoms. The Morgan fingerprint density at radius 3 is 2.07 bits per heavy atom. The average molecular weight is 371 g/mol. The largest absolute Gasteiger partial charge is 0.494 e. The van der Waals surface area contributed by atoms with Gasteiger partial charge in [0, 0.05) is 5.69 Å². The van der Waals surface area contributed by atoms with E-state index in [0.717, 1.165) is 49.1 Å². The molecule has 0 unspecified atom stereocenters. The normalized spacial score (nSPS) is 19.3. The van der Waals surface area contributed by atoms with E-state index in [2.05, 4.69) is 12.4 Å². The first-order valence-corrected chi connectivity index (χ1v) is 9.58. The van der Waals surface area contributed by atoms with Crippen molar-refractivity contribution in [1.82, 2.24) is 0 Å². The molecule has 0 aliphatic carbocycles. The second-order valence-corrected chi connectivity index (χ2v) is 6.96. The highest BCUT2D eigenvalue weighted by Crippen LogP contribution is 2.25. The number of carbonyl (C=O) groups is 1. The van der Waals surface area contributed by atoms with Gasteiger partial charge in [0.1, 0.15) is 43.4 Å². The molecule has 1 saturated heterocycles. The summed E-state index contributed by atoms with van der Waals surface area (Å²) in [5, 5.41) is 2.97. The van der Waals surface area contributed by atoms with Gasteiger partial charge in [-0.2, -0.15) is 0 Å². The van der Waals surface area contributed by atoms with Crippen LogP contribution in [0.15, 0.2) is 48.5 Å². The fourth-order valence-corrected chi connectivity index (χ4v) is 3.15. The number of anilines is 1. The summed E-state index contributed by atoms with van der Waals surface area (Å²) in [4.78, 5) is 15.1. The molecule has 0 saturated carbocycles. The van der Waals surface area contributed by atoms with Gasteiger partial charge in [-0.15, -0.1) is 0 Å². The van der Waals surface area contributed by atoms with Crippen molar-refractivity contribution in [2.24, 2.45) is 0 Å². The number of carbonyl (C=O) groups excluding carboxylic acids is 1. The highest BCUT2D eigenvalue weighted by atomic mass is 16.5. The highest BCUT2D eigenvalue weighted by Gasteiger charge is 2.22. The fourth-order valence-electron chi connectivity index (χ4n) is 3.15. The van der Waals surface area contributed by atoms with Gasteiger partial charge in [0.2, 0.25) is 0 Å². The molecule has 1 fully saturated rings. The summed E-state index contributed by atoms with van der Waals surface area (Å²) in [5.74, 6) is 2.36. The van der Waals surface area contributed by atoms with Crippen LogP contribution in [0.4, 0.5) is 5.69 Å². The number of amides is 1. The van der Waals surface area contributed by atoms with E-state index in [1.807, 2.05) is 55.5 Å². The lowest BCUT2D eigenvalue weighted by molar-refractivity contribution is -0.999. The van der Waals surface area contributed by atoms with Crippen molar-refractivity contribution in [2.45, 2.75) is 6.92 Å². The number of hydrogen-bond donors (Lipinski definition) is 3. The molecule has 2 aromatic carbocycles. The van der Waals surface area contributed by atoms with Gasteiger partial charge in [-0.1, -0.05) is 0 Å². The summed E-state index contributed by atoms with van der Waals surface area (Å²) in [6, 6.07) is 15.0. The Morgan fingerprint density at radius 2 is 1.48 bits per heavy atom. The number of benzene rings is 2. The van der Waals surface area contributed by atoms with Crippen LogP contribution < -0.4 is 24.6 Å². The third-order valence-corrected chi connectivity index (χ3v) is 4.73. The minimum Gasteiger partial charge on any atom is -0.494 e. The molecule has 144 valence electrons. The highest BCUT2D eigenvalue weighted by molar-refractivity contribution is 5.91. The SMILES string of the molecule is CCOc1ccc(Oc2ccc(NC(=O)C[NH+]3CC[NH+](C)CC3)cc2)cc1. The second kappa shape index (κ2) is 9.39. The monoisotopic (exact) mass is 371 g/mol. The molecule has 0 bridgehead atoms. The van der Waals surface area contributed by atoms with Crippen molar-refractivity contribution >= 4 is 11.6 Å². The van der Waals surface area contributed by atoms with Crippen LogP contribution in [0.3, 0.4) is 0 Å². The maximum atomic E-state index is 12.2. The molecule has 0 spiro atoms. The molecular formula is C21H29N3O3+2. The van der Waals surface area contributed by atoms with E-state index < -0.39 is 0 Å². The number of nitrogens with one attached hydrogen (secondary N) is 3. The second-order valence-electron chi connectivity index (χ2n) is 6.96. The van der Waals surface area contributed by atoms with E-state index in [0.29, 0.717) is 13.2 Å². The number of rotatable bonds is 7. The summed E-state index contributed by atoms with van der Waals surface area (Å²) >= 11 is 0. The number of ether oxygens (including phenoxy) is 2. The predicted molar refractivity (Wildman–Crippen MR) is 105 cm³/mol. The van der Waals surface area contributed by atoms with Crippen LogP contribution in [0.1, 0.15) is 6.92 Å². The first kappa shape index (κ1) is 19.2. The van der Waals surface area contributed by atoms with E-state index in [9.17, 15) is 4.79 Å². The van der Waals surface area contributed by atoms with Crippen LogP contribution in [0, 0.1) is 0 Å². The molecule has 1 aliphatic heterocycles. The summed E-state index contributed by atoms with van der Waals surface area (Å²) in [6.07, 6.45) is 0. The maximum Gasteiger partial charge on any atom is 0.279 e. The summed E-state index contributed by atoms with van der Waals surface area (Å²) < 4.78 is 11.3. The Kier molecular flexibility index (Phi) is 6.68. The van der Waals surface area contributed by atoms with Gasteiger partial charge < -0.3 is 24.6 Å². The maximum absolute atomic E-state index is 12.2. The summed E-state index contributed by atoms with van der Waals surface area (Å²) in [7, 11) is 2.20. The van der Waals surface area contributed by atoms with E-state index in [1.165, 1.54) is 4.90 Å². The van der Waals surface area contributed by atoms with E-state index in [1.54, 1.807) is 4.90 Å². The van der Waals surface area contributed by atoms with Gasteiger partial charge >= 0.3 is 0 Å². The van der Waals surface area contributed by atoms with Crippen LogP contribution in [0.25, 0.3) is 0 Å². The molecule has 0 atom stereocenters. The Morgan fingerprint density at radius 1 is 0.926 bits per heavy atom. The lowest BCUT2D eigenvalue weighted by atomic mass is 10.3. The van der Waals surface area contributed by atoms with Crippen LogP contribution >= 0.6 is 0 Å². The van der Waals surface area contributed by atoms with Gasteiger partial charge in [-0.25, -0.2) is 0 Å². The zero-order valence-electron chi connectivity index (χ0n) is 16.1. The van der Waals surface area contributed by atoms with Crippen molar-refractivity contribution in [3.8, 4) is 17.2 Å². The van der Waals surface area contributed by atoms with E-state index in [4.69, 9.17) is 9.47 Å². The molecule has 6 heteroatoms. The summed E-state index contributed by atoms with van der Waals surface area (Å²) in [5.41, 5.74) is 0.790. The third kappa shape index (κ3) is 5.98. The molecular weight excluding hydrogens is 342 g/mol. The molecule has 2 aromatic rings. The molecule has 6 nitrogen and oxygen atoms in total. The average Bonchev–Trinajstić information content (AvgIpc) is 2.67. The molecule has 0 aromatic heterocycles. The number of quaternary nitrogens is 2. The van der Waals surface area contributed by atoms with Crippen molar-refractivity contribution < 1.29 is 24.1 Å². The predicted octanol–water partition coefficient (Wildman–Crippen LogP) is 0.229. The van der Waals surface area contributed by atoms with Gasteiger partial charge in [0.05, 0.1) is 13.7 Å². The van der Waals surface area contributed by atoms with Crippen molar-refractivity contribution in [2.75, 3.05) is 51.7 Å². The van der Waals surface area contributed by atoms with Crippen LogP contribution in [-0.2, 0) is 4.79 Å². The topological polar surface area (TPSA) is 56.4 Å². The molecule has 1 amide bonds. The number of piperazine rings is 1. The number of hydrogen-bond acceptors (Lipinski definition) is 3. The first-order valence-electron chi connectivity index (χ1n) is 9.58. The first-order chi connectivity index (χ1) is 13.1. The Bertz CT molecular complexity index is 723. The molecule has 0 radical (unpaired) electrons. The van der Waals surface area contributed by atoms with Crippen molar-refractivity contribution in [1.29, 1.82) is 0 Å². The van der Waals surface area contributed by atoms with Gasteiger partial charge in [-0.3, -0.25) is 4.79 Å². The van der Waals surface area contributed by atoms with Crippen LogP contribution in [0.2, 0.25) is 0 Å². The lowest BCUT2D eigenvalue weighted by Crippen LogP contribution is -3.27. The minimum atomic E-state index is 0.0599. The lowest BCUT2D eigenvalue weighted by Gasteiger charge is -2.26. The van der Waals surface area contributed by atoms with Crippen molar-refractivity contribution in [3.63, 3.8) is 0 Å². The minimum absolute atomic E-state index is 0.0599. The quantitative estimate of drug-likeness (QED) is 0.653. The van der Waals surface area contributed by atoms with Crippen LogP contribution in [-0.4, -0.2) is 52.3 Å². The van der Waals surface area contributed by atoms with Gasteiger partial charge in [0.25, 0.3) is 5.91 Å². The Balaban J connectivity index is 1.48. The fraction of sp³-hybridized carbons (Fsp3) is 0.381. The number of likely N-dealkylation sites (N-methyl/N-ethyl adjacent to an activating group) is 1. The zero-order chi connectivity index (χ0) is 19.1. The van der Waals surface area contributed by atoms with E-state index in [-0.39, 0.29) is 5.91 Å². The van der Waals surface area contributed by atoms with Crippen LogP contribution in [0.5, 0.6) is 17.2 Å². The van der Waals surface area contributed by atoms with E-state index >= 15 is 0 Å². The molecule has 3 rings (SSSR count). The zero-order valence-corrected chi connectivity index (χ0v) is 16.1. The van der Waals surface area contributed by atoms with Gasteiger partial charge in [0.15, 0.2) is 6.54 Å². The Hall–Kier alpha value is -2.57. The standard InChI is InChI=1S/C21H27N3O3/c1-3-26-18-8-10-20(11-9-18)27-19-6-4-17(5-7-19)22-21(25)16-24-14-12-23(2)13-15-24/h4-11H,3,12-16H2,1-2H3,(H,22,25)/p+2. The molecule has 1 heterocycles. The summed E-state index contributed by atoms with van der Waals surface area (Å²) in [6.45, 7) is 7.48. The molecule has 1 aliphatic rings. The smallest absolute Gasteiger partial charge is 0.279 e. The van der Waals surface area contributed by atoms with Crippen molar-refractivity contribution in [3.05, 3.63) is 48.5 Å². The third-order valence-electron chi connectivity index (χ3n) is 4.73. The van der Waals surface area contributed by atoms with Gasteiger partial charge in [-0.05, 0) is 55.5 Å².